The van der Waals surface area contributed by atoms with Crippen LogP contribution in [0.25, 0.3) is 0 Å². The predicted molar refractivity (Wildman–Crippen MR) is 53.3 cm³/mol. The molecule has 5 nitrogen and oxygen atoms in total. The zero-order chi connectivity index (χ0) is 10.7. The van der Waals surface area contributed by atoms with Crippen molar-refractivity contribution in [2.75, 3.05) is 0 Å². The first-order valence-corrected chi connectivity index (χ1v) is 4.38. The number of hydrogen-bond acceptors (Lipinski definition) is 4. The minimum absolute atomic E-state index is 0.0756. The van der Waals surface area contributed by atoms with Crippen LogP contribution in [0, 0.1) is 17.0 Å². The molecule has 1 rings (SSSR count). The van der Waals surface area contributed by atoms with Gasteiger partial charge in [-0.15, -0.1) is 0 Å². The second kappa shape index (κ2) is 4.13. The lowest BCUT2D eigenvalue weighted by atomic mass is 10.2. The van der Waals surface area contributed by atoms with E-state index in [-0.39, 0.29) is 11.4 Å². The van der Waals surface area contributed by atoms with Gasteiger partial charge in [-0.05, 0) is 13.0 Å². The molecule has 0 spiro atoms. The van der Waals surface area contributed by atoms with Gasteiger partial charge >= 0.3 is 0 Å². The standard InChI is InChI=1S/C8H5BrN2O3/c1-5-7(9)2-6(10-4-12)3-8(5)11(13)14/h2-3H,1H3. The van der Waals surface area contributed by atoms with Crippen LogP contribution < -0.4 is 0 Å². The number of nitro benzene ring substituents is 1. The first-order chi connectivity index (χ1) is 6.56. The van der Waals surface area contributed by atoms with Crippen molar-refractivity contribution in [2.24, 2.45) is 4.99 Å². The molecule has 1 aromatic carbocycles. The highest BCUT2D eigenvalue weighted by Crippen LogP contribution is 2.31. The Labute approximate surface area is 87.7 Å². The summed E-state index contributed by atoms with van der Waals surface area (Å²) in [7, 11) is 0. The molecule has 0 N–H and O–H groups in total. The fourth-order valence-electron chi connectivity index (χ4n) is 0.957. The molecule has 0 heterocycles. The van der Waals surface area contributed by atoms with Gasteiger partial charge < -0.3 is 0 Å². The molecule has 0 aliphatic heterocycles. The molecule has 14 heavy (non-hydrogen) atoms. The quantitative estimate of drug-likeness (QED) is 0.354. The van der Waals surface area contributed by atoms with Gasteiger partial charge in [0.15, 0.2) is 0 Å². The Morgan fingerprint density at radius 2 is 2.21 bits per heavy atom. The van der Waals surface area contributed by atoms with Gasteiger partial charge in [-0.3, -0.25) is 10.1 Å². The van der Waals surface area contributed by atoms with Crippen LogP contribution in [0.4, 0.5) is 11.4 Å². The summed E-state index contributed by atoms with van der Waals surface area (Å²) in [5.41, 5.74) is 0.636. The molecule has 0 aliphatic rings. The molecule has 72 valence electrons. The van der Waals surface area contributed by atoms with E-state index >= 15 is 0 Å². The molecule has 6 heteroatoms. The Balaban J connectivity index is 3.42. The van der Waals surface area contributed by atoms with E-state index in [1.807, 2.05) is 0 Å². The molecule has 0 aliphatic carbocycles. The molecule has 0 radical (unpaired) electrons. The molecule has 0 fully saturated rings. The number of nitrogens with zero attached hydrogens (tertiary/aromatic N) is 2. The summed E-state index contributed by atoms with van der Waals surface area (Å²) in [5.74, 6) is 0. The highest BCUT2D eigenvalue weighted by molar-refractivity contribution is 9.10. The summed E-state index contributed by atoms with van der Waals surface area (Å²) < 4.78 is 0.542. The van der Waals surface area contributed by atoms with Crippen molar-refractivity contribution in [3.8, 4) is 0 Å². The van der Waals surface area contributed by atoms with Gasteiger partial charge in [0.2, 0.25) is 6.08 Å². The number of nitro groups is 1. The van der Waals surface area contributed by atoms with Crippen LogP contribution in [0.5, 0.6) is 0 Å². The third-order valence-electron chi connectivity index (χ3n) is 1.67. The van der Waals surface area contributed by atoms with E-state index in [4.69, 9.17) is 0 Å². The van der Waals surface area contributed by atoms with E-state index < -0.39 is 4.92 Å². The Morgan fingerprint density at radius 3 is 2.71 bits per heavy atom. The van der Waals surface area contributed by atoms with Crippen molar-refractivity contribution < 1.29 is 9.72 Å². The lowest BCUT2D eigenvalue weighted by molar-refractivity contribution is -0.385. The van der Waals surface area contributed by atoms with Crippen molar-refractivity contribution in [1.29, 1.82) is 0 Å². The third-order valence-corrected chi connectivity index (χ3v) is 2.50. The number of benzene rings is 1. The van der Waals surface area contributed by atoms with Gasteiger partial charge in [-0.1, -0.05) is 15.9 Å². The minimum Gasteiger partial charge on any atom is -0.258 e. The Morgan fingerprint density at radius 1 is 1.57 bits per heavy atom. The van der Waals surface area contributed by atoms with Gasteiger partial charge in [-0.25, -0.2) is 4.79 Å². The molecule has 0 unspecified atom stereocenters. The van der Waals surface area contributed by atoms with E-state index in [2.05, 4.69) is 20.9 Å². The van der Waals surface area contributed by atoms with E-state index in [0.717, 1.165) is 0 Å². The normalized spacial score (nSPS) is 9.29. The smallest absolute Gasteiger partial charge is 0.258 e. The fourth-order valence-corrected chi connectivity index (χ4v) is 1.39. The third kappa shape index (κ3) is 2.04. The molecule has 0 aromatic heterocycles. The number of carbonyl (C=O) groups excluding carboxylic acids is 1. The maximum absolute atomic E-state index is 10.6. The van der Waals surface area contributed by atoms with E-state index in [1.54, 1.807) is 6.92 Å². The van der Waals surface area contributed by atoms with Gasteiger partial charge in [0.1, 0.15) is 0 Å². The first-order valence-electron chi connectivity index (χ1n) is 3.58. The molecule has 0 saturated carbocycles. The van der Waals surface area contributed by atoms with E-state index in [1.165, 1.54) is 18.2 Å². The Bertz CT molecular complexity index is 438. The van der Waals surface area contributed by atoms with Crippen LogP contribution in [0.15, 0.2) is 21.6 Å². The second-order valence-corrected chi connectivity index (χ2v) is 3.39. The average molecular weight is 257 g/mol. The van der Waals surface area contributed by atoms with Crippen molar-refractivity contribution in [2.45, 2.75) is 6.92 Å². The lowest BCUT2D eigenvalue weighted by Crippen LogP contribution is -1.91. The van der Waals surface area contributed by atoms with Crippen LogP contribution >= 0.6 is 15.9 Å². The summed E-state index contributed by atoms with van der Waals surface area (Å²) in [6.45, 7) is 1.61. The summed E-state index contributed by atoms with van der Waals surface area (Å²) in [4.78, 5) is 23.3. The van der Waals surface area contributed by atoms with Crippen molar-refractivity contribution in [3.05, 3.63) is 32.3 Å². The SMILES string of the molecule is Cc1c(Br)cc(N=C=O)cc1[N+](=O)[O-]. The maximum Gasteiger partial charge on any atom is 0.275 e. The number of halogens is 1. The topological polar surface area (TPSA) is 72.6 Å². The Kier molecular flexibility index (Phi) is 3.11. The maximum atomic E-state index is 10.6. The zero-order valence-corrected chi connectivity index (χ0v) is 8.74. The van der Waals surface area contributed by atoms with Crippen LogP contribution in [0.1, 0.15) is 5.56 Å². The minimum atomic E-state index is -0.524. The highest BCUT2D eigenvalue weighted by Gasteiger charge is 2.14. The van der Waals surface area contributed by atoms with Crippen LogP contribution in [0.3, 0.4) is 0 Å². The molecule has 0 atom stereocenters. The average Bonchev–Trinajstić information content (AvgIpc) is 2.11. The number of rotatable bonds is 2. The second-order valence-electron chi connectivity index (χ2n) is 2.53. The molecule has 1 aromatic rings. The summed E-state index contributed by atoms with van der Waals surface area (Å²) in [5, 5.41) is 10.6. The van der Waals surface area contributed by atoms with Crippen molar-refractivity contribution >= 4 is 33.4 Å². The Hall–Kier alpha value is -1.52. The number of isocyanates is 1. The number of hydrogen-bond donors (Lipinski definition) is 0. The van der Waals surface area contributed by atoms with Crippen molar-refractivity contribution in [1.82, 2.24) is 0 Å². The van der Waals surface area contributed by atoms with E-state index in [9.17, 15) is 14.9 Å². The first kappa shape index (κ1) is 10.6. The summed E-state index contributed by atoms with van der Waals surface area (Å²) >= 11 is 3.14. The van der Waals surface area contributed by atoms with Crippen LogP contribution in [-0.2, 0) is 4.79 Å². The summed E-state index contributed by atoms with van der Waals surface area (Å²) in [6, 6.07) is 2.75. The molecule has 0 amide bonds. The van der Waals surface area contributed by atoms with Crippen LogP contribution in [-0.4, -0.2) is 11.0 Å². The molecular weight excluding hydrogens is 252 g/mol. The molecule has 0 saturated heterocycles. The monoisotopic (exact) mass is 256 g/mol. The molecule has 0 bridgehead atoms. The van der Waals surface area contributed by atoms with Crippen LogP contribution in [0.2, 0.25) is 0 Å². The van der Waals surface area contributed by atoms with Crippen molar-refractivity contribution in [3.63, 3.8) is 0 Å². The number of aliphatic imine (C=N–C) groups is 1. The van der Waals surface area contributed by atoms with Gasteiger partial charge in [0.25, 0.3) is 5.69 Å². The van der Waals surface area contributed by atoms with E-state index in [0.29, 0.717) is 10.0 Å². The van der Waals surface area contributed by atoms with Gasteiger partial charge in [0.05, 0.1) is 10.6 Å². The predicted octanol–water partition coefficient (Wildman–Crippen LogP) is 2.63. The lowest BCUT2D eigenvalue weighted by Gasteiger charge is -2.00. The largest absolute Gasteiger partial charge is 0.275 e. The fraction of sp³-hybridized carbons (Fsp3) is 0.125. The van der Waals surface area contributed by atoms with Gasteiger partial charge in [-0.2, -0.15) is 4.99 Å². The molecular formula is C8H5BrN2O3. The zero-order valence-electron chi connectivity index (χ0n) is 7.15. The highest BCUT2D eigenvalue weighted by atomic mass is 79.9. The van der Waals surface area contributed by atoms with Gasteiger partial charge in [0, 0.05) is 16.1 Å². The summed E-state index contributed by atoms with van der Waals surface area (Å²) in [6.07, 6.45) is 1.33.